The number of carboxylic acid groups (broad SMARTS) is 1. The zero-order valence-corrected chi connectivity index (χ0v) is 17.5. The van der Waals surface area contributed by atoms with E-state index in [1.807, 2.05) is 51.1 Å². The number of hydrogen-bond donors (Lipinski definition) is 2. The van der Waals surface area contributed by atoms with Crippen LogP contribution >= 0.6 is 0 Å². The van der Waals surface area contributed by atoms with Crippen molar-refractivity contribution in [2.45, 2.75) is 57.7 Å². The lowest BCUT2D eigenvalue weighted by Crippen LogP contribution is -2.61. The van der Waals surface area contributed by atoms with Gasteiger partial charge in [0, 0.05) is 18.2 Å². The minimum Gasteiger partial charge on any atom is -0.465 e. The van der Waals surface area contributed by atoms with E-state index in [1.54, 1.807) is 12.1 Å². The second-order valence-electron chi connectivity index (χ2n) is 8.96. The highest BCUT2D eigenvalue weighted by Gasteiger charge is 2.59. The lowest BCUT2D eigenvalue weighted by Gasteiger charge is -2.51. The number of nitro benzene ring substituents is 1. The number of non-ortho nitro benzene ring substituents is 1. The van der Waals surface area contributed by atoms with Gasteiger partial charge in [0.1, 0.15) is 6.10 Å². The molecule has 1 aliphatic rings. The van der Waals surface area contributed by atoms with Crippen LogP contribution in [0.4, 0.5) is 10.5 Å². The second-order valence-corrected chi connectivity index (χ2v) is 8.96. The monoisotopic (exact) mass is 412 g/mol. The summed E-state index contributed by atoms with van der Waals surface area (Å²) in [6.07, 6.45) is -0.481. The van der Waals surface area contributed by atoms with Gasteiger partial charge in [0.25, 0.3) is 5.69 Å². The maximum absolute atomic E-state index is 12.5. The molecule has 2 aromatic carbocycles. The standard InChI is InChI=1S/C23H28N2O5/c1-22(2,3)23(20(26)17-7-5-4-6-8-17)14-13-19(24(23)21(27)28)15-16-9-11-18(12-10-16)25(29)30/h4-12,19-20,26H,13-15H2,1-3H3,(H,27,28)/t19-,20-,23+/m1/s1. The molecule has 1 fully saturated rings. The van der Waals surface area contributed by atoms with Gasteiger partial charge in [0.2, 0.25) is 0 Å². The molecule has 0 unspecified atom stereocenters. The van der Waals surface area contributed by atoms with Crippen LogP contribution in [-0.4, -0.2) is 37.7 Å². The maximum Gasteiger partial charge on any atom is 0.408 e. The summed E-state index contributed by atoms with van der Waals surface area (Å²) in [4.78, 5) is 24.3. The zero-order chi connectivity index (χ0) is 22.1. The number of amides is 1. The van der Waals surface area contributed by atoms with Crippen LogP contribution in [-0.2, 0) is 6.42 Å². The van der Waals surface area contributed by atoms with Crippen LogP contribution in [0.5, 0.6) is 0 Å². The number of likely N-dealkylation sites (tertiary alicyclic amines) is 1. The van der Waals surface area contributed by atoms with E-state index in [1.165, 1.54) is 17.0 Å². The summed E-state index contributed by atoms with van der Waals surface area (Å²) in [6.45, 7) is 5.88. The fourth-order valence-corrected chi connectivity index (χ4v) is 4.83. The molecular weight excluding hydrogens is 384 g/mol. The maximum atomic E-state index is 12.5. The number of aliphatic hydroxyl groups excluding tert-OH is 1. The molecule has 160 valence electrons. The Bertz CT molecular complexity index is 907. The molecule has 1 heterocycles. The summed E-state index contributed by atoms with van der Waals surface area (Å²) >= 11 is 0. The summed E-state index contributed by atoms with van der Waals surface area (Å²) < 4.78 is 0. The Morgan fingerprint density at radius 1 is 1.20 bits per heavy atom. The van der Waals surface area contributed by atoms with Gasteiger partial charge in [-0.1, -0.05) is 63.2 Å². The normalized spacial score (nSPS) is 22.7. The van der Waals surface area contributed by atoms with Crippen molar-refractivity contribution in [1.82, 2.24) is 4.90 Å². The topological polar surface area (TPSA) is 104 Å². The van der Waals surface area contributed by atoms with E-state index >= 15 is 0 Å². The van der Waals surface area contributed by atoms with Crippen LogP contribution in [0, 0.1) is 15.5 Å². The van der Waals surface area contributed by atoms with Crippen molar-refractivity contribution in [3.63, 3.8) is 0 Å². The van der Waals surface area contributed by atoms with Crippen LogP contribution in [0.1, 0.15) is 50.8 Å². The van der Waals surface area contributed by atoms with Crippen LogP contribution in [0.15, 0.2) is 54.6 Å². The molecule has 3 atom stereocenters. The Morgan fingerprint density at radius 3 is 2.30 bits per heavy atom. The van der Waals surface area contributed by atoms with Gasteiger partial charge in [-0.05, 0) is 35.8 Å². The number of carbonyl (C=O) groups is 1. The summed E-state index contributed by atoms with van der Waals surface area (Å²) in [5, 5.41) is 32.5. The molecule has 3 rings (SSSR count). The van der Waals surface area contributed by atoms with Gasteiger partial charge >= 0.3 is 6.09 Å². The fourth-order valence-electron chi connectivity index (χ4n) is 4.83. The second kappa shape index (κ2) is 8.07. The van der Waals surface area contributed by atoms with Crippen molar-refractivity contribution in [1.29, 1.82) is 0 Å². The van der Waals surface area contributed by atoms with Crippen LogP contribution in [0.2, 0.25) is 0 Å². The van der Waals surface area contributed by atoms with Gasteiger partial charge in [-0.2, -0.15) is 0 Å². The van der Waals surface area contributed by atoms with E-state index < -0.39 is 28.1 Å². The Morgan fingerprint density at radius 2 is 1.80 bits per heavy atom. The lowest BCUT2D eigenvalue weighted by atomic mass is 9.67. The highest BCUT2D eigenvalue weighted by atomic mass is 16.6. The lowest BCUT2D eigenvalue weighted by molar-refractivity contribution is -0.384. The fraction of sp³-hybridized carbons (Fsp3) is 0.435. The Kier molecular flexibility index (Phi) is 5.85. The highest BCUT2D eigenvalue weighted by molar-refractivity contribution is 5.68. The smallest absolute Gasteiger partial charge is 0.408 e. The van der Waals surface area contributed by atoms with Crippen molar-refractivity contribution < 1.29 is 19.9 Å². The molecule has 1 amide bonds. The quantitative estimate of drug-likeness (QED) is 0.542. The Labute approximate surface area is 176 Å². The molecule has 2 N–H and O–H groups in total. The molecule has 0 bridgehead atoms. The number of aliphatic hydroxyl groups is 1. The molecule has 1 saturated heterocycles. The van der Waals surface area contributed by atoms with E-state index in [0.717, 1.165) is 5.56 Å². The highest BCUT2D eigenvalue weighted by Crippen LogP contribution is 2.53. The summed E-state index contributed by atoms with van der Waals surface area (Å²) in [7, 11) is 0. The predicted octanol–water partition coefficient (Wildman–Crippen LogP) is 4.80. The number of nitro groups is 1. The van der Waals surface area contributed by atoms with E-state index in [2.05, 4.69) is 0 Å². The van der Waals surface area contributed by atoms with Crippen molar-refractivity contribution in [3.8, 4) is 0 Å². The molecule has 7 nitrogen and oxygen atoms in total. The first kappa shape index (κ1) is 21.8. The molecule has 7 heteroatoms. The number of rotatable bonds is 5. The molecular formula is C23H28N2O5. The molecule has 30 heavy (non-hydrogen) atoms. The van der Waals surface area contributed by atoms with Gasteiger partial charge in [-0.3, -0.25) is 15.0 Å². The van der Waals surface area contributed by atoms with E-state index in [4.69, 9.17) is 0 Å². The third kappa shape index (κ3) is 3.77. The average Bonchev–Trinajstić information content (AvgIpc) is 3.09. The van der Waals surface area contributed by atoms with E-state index in [9.17, 15) is 25.1 Å². The predicted molar refractivity (Wildman–Crippen MR) is 113 cm³/mol. The third-order valence-corrected chi connectivity index (χ3v) is 6.34. The minimum atomic E-state index is -1.07. The summed E-state index contributed by atoms with van der Waals surface area (Å²) in [5.74, 6) is 0. The van der Waals surface area contributed by atoms with Gasteiger partial charge in [-0.15, -0.1) is 0 Å². The van der Waals surface area contributed by atoms with Gasteiger partial charge in [-0.25, -0.2) is 4.79 Å². The minimum absolute atomic E-state index is 0.00352. The van der Waals surface area contributed by atoms with Crippen LogP contribution < -0.4 is 0 Å². The Hall–Kier alpha value is -2.93. The van der Waals surface area contributed by atoms with Crippen molar-refractivity contribution >= 4 is 11.8 Å². The molecule has 0 saturated carbocycles. The van der Waals surface area contributed by atoms with Crippen LogP contribution in [0.25, 0.3) is 0 Å². The summed E-state index contributed by atoms with van der Waals surface area (Å²) in [5.41, 5.74) is 0.00507. The van der Waals surface area contributed by atoms with Crippen molar-refractivity contribution in [3.05, 3.63) is 75.8 Å². The number of hydrogen-bond acceptors (Lipinski definition) is 4. The SMILES string of the molecule is CC(C)(C)[C@@]1([C@H](O)c2ccccc2)CC[C@H](Cc2ccc([N+](=O)[O-])cc2)N1C(=O)O. The van der Waals surface area contributed by atoms with Crippen LogP contribution in [0.3, 0.4) is 0 Å². The molecule has 0 aromatic heterocycles. The molecule has 0 aliphatic carbocycles. The first-order chi connectivity index (χ1) is 14.1. The molecule has 1 aliphatic heterocycles. The van der Waals surface area contributed by atoms with Crippen molar-refractivity contribution in [2.75, 3.05) is 0 Å². The first-order valence-electron chi connectivity index (χ1n) is 10.1. The van der Waals surface area contributed by atoms with E-state index in [0.29, 0.717) is 24.8 Å². The first-order valence-corrected chi connectivity index (χ1v) is 10.1. The molecule has 0 spiro atoms. The Balaban J connectivity index is 1.98. The number of benzene rings is 2. The van der Waals surface area contributed by atoms with E-state index in [-0.39, 0.29) is 11.7 Å². The number of nitrogens with zero attached hydrogens (tertiary/aromatic N) is 2. The zero-order valence-electron chi connectivity index (χ0n) is 17.5. The third-order valence-electron chi connectivity index (χ3n) is 6.34. The molecule has 2 aromatic rings. The summed E-state index contributed by atoms with van der Waals surface area (Å²) in [6, 6.07) is 15.1. The van der Waals surface area contributed by atoms with Crippen molar-refractivity contribution in [2.24, 2.45) is 5.41 Å². The van der Waals surface area contributed by atoms with Gasteiger partial charge in [0.05, 0.1) is 10.5 Å². The largest absolute Gasteiger partial charge is 0.465 e. The van der Waals surface area contributed by atoms with Gasteiger partial charge < -0.3 is 10.2 Å². The molecule has 0 radical (unpaired) electrons. The van der Waals surface area contributed by atoms with Gasteiger partial charge in [0.15, 0.2) is 0 Å². The average molecular weight is 412 g/mol.